The van der Waals surface area contributed by atoms with Crippen molar-refractivity contribution in [3.63, 3.8) is 0 Å². The van der Waals surface area contributed by atoms with Gasteiger partial charge in [0.2, 0.25) is 0 Å². The van der Waals surface area contributed by atoms with E-state index < -0.39 is 0 Å². The van der Waals surface area contributed by atoms with Gasteiger partial charge in [-0.25, -0.2) is 0 Å². The number of hydrogen-bond acceptors (Lipinski definition) is 2. The number of pyridine rings is 1. The summed E-state index contributed by atoms with van der Waals surface area (Å²) in [6.07, 6.45) is 8.00. The standard InChI is InChI=1S/C17H20N2/c1-2-19(15-17-8-4-3-5-9-17)13-7-11-16-10-6-12-18-14-16/h3-12,14H,2,13,15H2,1H3/b11-7-. The zero-order valence-corrected chi connectivity index (χ0v) is 11.4. The fraction of sp³-hybridized carbons (Fsp3) is 0.235. The Labute approximate surface area is 115 Å². The minimum Gasteiger partial charge on any atom is -0.296 e. The third-order valence-corrected chi connectivity index (χ3v) is 3.05. The predicted molar refractivity (Wildman–Crippen MR) is 80.7 cm³/mol. The van der Waals surface area contributed by atoms with Crippen LogP contribution < -0.4 is 0 Å². The quantitative estimate of drug-likeness (QED) is 0.780. The highest BCUT2D eigenvalue weighted by Crippen LogP contribution is 2.05. The van der Waals surface area contributed by atoms with Gasteiger partial charge in [-0.05, 0) is 23.7 Å². The van der Waals surface area contributed by atoms with Crippen molar-refractivity contribution in [2.24, 2.45) is 0 Å². The minimum atomic E-state index is 0.959. The van der Waals surface area contributed by atoms with E-state index in [1.54, 1.807) is 6.20 Å². The molecule has 0 atom stereocenters. The van der Waals surface area contributed by atoms with Gasteiger partial charge in [-0.3, -0.25) is 9.88 Å². The molecule has 0 aliphatic heterocycles. The van der Waals surface area contributed by atoms with Crippen LogP contribution in [0.25, 0.3) is 6.08 Å². The Morgan fingerprint density at radius 2 is 1.95 bits per heavy atom. The first-order chi connectivity index (χ1) is 9.38. The van der Waals surface area contributed by atoms with Crippen LogP contribution in [0, 0.1) is 0 Å². The van der Waals surface area contributed by atoms with E-state index in [9.17, 15) is 0 Å². The lowest BCUT2D eigenvalue weighted by Crippen LogP contribution is -2.22. The molecule has 0 radical (unpaired) electrons. The van der Waals surface area contributed by atoms with E-state index in [2.05, 4.69) is 65.4 Å². The molecule has 2 aromatic rings. The van der Waals surface area contributed by atoms with Crippen molar-refractivity contribution in [1.82, 2.24) is 9.88 Å². The normalized spacial score (nSPS) is 11.3. The lowest BCUT2D eigenvalue weighted by atomic mass is 10.2. The molecule has 1 aromatic heterocycles. The Morgan fingerprint density at radius 3 is 2.63 bits per heavy atom. The first-order valence-corrected chi connectivity index (χ1v) is 6.71. The summed E-state index contributed by atoms with van der Waals surface area (Å²) < 4.78 is 0. The van der Waals surface area contributed by atoms with Crippen molar-refractivity contribution >= 4 is 6.08 Å². The van der Waals surface area contributed by atoms with Crippen molar-refractivity contribution in [2.75, 3.05) is 13.1 Å². The molecule has 0 unspecified atom stereocenters. The summed E-state index contributed by atoms with van der Waals surface area (Å²) in [5, 5.41) is 0. The van der Waals surface area contributed by atoms with Crippen LogP contribution in [0.4, 0.5) is 0 Å². The van der Waals surface area contributed by atoms with Crippen molar-refractivity contribution in [3.05, 3.63) is 72.1 Å². The summed E-state index contributed by atoms with van der Waals surface area (Å²) in [5.74, 6) is 0. The third kappa shape index (κ3) is 4.68. The second-order valence-electron chi connectivity index (χ2n) is 4.50. The van der Waals surface area contributed by atoms with Crippen molar-refractivity contribution in [1.29, 1.82) is 0 Å². The topological polar surface area (TPSA) is 16.1 Å². The summed E-state index contributed by atoms with van der Waals surface area (Å²) in [6, 6.07) is 14.6. The molecule has 0 saturated carbocycles. The fourth-order valence-corrected chi connectivity index (χ4v) is 1.96. The molecule has 0 N–H and O–H groups in total. The first kappa shape index (κ1) is 13.5. The zero-order valence-electron chi connectivity index (χ0n) is 11.4. The summed E-state index contributed by atoms with van der Waals surface area (Å²) in [7, 11) is 0. The monoisotopic (exact) mass is 252 g/mol. The van der Waals surface area contributed by atoms with Crippen LogP contribution in [-0.4, -0.2) is 23.0 Å². The Morgan fingerprint density at radius 1 is 1.11 bits per heavy atom. The molecule has 2 nitrogen and oxygen atoms in total. The number of benzene rings is 1. The van der Waals surface area contributed by atoms with Crippen molar-refractivity contribution < 1.29 is 0 Å². The Balaban J connectivity index is 1.88. The summed E-state index contributed by atoms with van der Waals surface area (Å²) >= 11 is 0. The molecule has 0 saturated heterocycles. The largest absolute Gasteiger partial charge is 0.296 e. The second-order valence-corrected chi connectivity index (χ2v) is 4.50. The van der Waals surface area contributed by atoms with E-state index in [4.69, 9.17) is 0 Å². The molecule has 0 aliphatic carbocycles. The molecule has 0 spiro atoms. The van der Waals surface area contributed by atoms with Gasteiger partial charge >= 0.3 is 0 Å². The van der Waals surface area contributed by atoms with Gasteiger partial charge in [-0.2, -0.15) is 0 Å². The molecule has 0 aliphatic rings. The third-order valence-electron chi connectivity index (χ3n) is 3.05. The van der Waals surface area contributed by atoms with Crippen LogP contribution in [0.3, 0.4) is 0 Å². The van der Waals surface area contributed by atoms with Gasteiger partial charge in [0, 0.05) is 25.5 Å². The van der Waals surface area contributed by atoms with Crippen LogP contribution in [-0.2, 0) is 6.54 Å². The maximum atomic E-state index is 4.11. The van der Waals surface area contributed by atoms with Crippen LogP contribution >= 0.6 is 0 Å². The lowest BCUT2D eigenvalue weighted by molar-refractivity contribution is 0.311. The molecule has 0 amide bonds. The smallest absolute Gasteiger partial charge is 0.0340 e. The summed E-state index contributed by atoms with van der Waals surface area (Å²) in [6.45, 7) is 5.20. The van der Waals surface area contributed by atoms with E-state index in [0.717, 1.165) is 25.2 Å². The Bertz CT molecular complexity index is 491. The molecule has 98 valence electrons. The molecule has 2 heteroatoms. The first-order valence-electron chi connectivity index (χ1n) is 6.71. The predicted octanol–water partition coefficient (Wildman–Crippen LogP) is 3.62. The second kappa shape index (κ2) is 7.49. The van der Waals surface area contributed by atoms with Crippen LogP contribution in [0.5, 0.6) is 0 Å². The number of rotatable bonds is 6. The van der Waals surface area contributed by atoms with Gasteiger partial charge in [0.15, 0.2) is 0 Å². The van der Waals surface area contributed by atoms with Crippen molar-refractivity contribution in [3.8, 4) is 0 Å². The van der Waals surface area contributed by atoms with Crippen LogP contribution in [0.2, 0.25) is 0 Å². The van der Waals surface area contributed by atoms with Gasteiger partial charge in [0.1, 0.15) is 0 Å². The number of aromatic nitrogens is 1. The molecule has 19 heavy (non-hydrogen) atoms. The van der Waals surface area contributed by atoms with Crippen LogP contribution in [0.1, 0.15) is 18.1 Å². The van der Waals surface area contributed by atoms with Gasteiger partial charge in [-0.15, -0.1) is 0 Å². The highest BCUT2D eigenvalue weighted by Gasteiger charge is 2.00. The molecular formula is C17H20N2. The molecule has 0 fully saturated rings. The molecule has 1 heterocycles. The van der Waals surface area contributed by atoms with E-state index in [1.165, 1.54) is 5.56 Å². The van der Waals surface area contributed by atoms with Gasteiger partial charge in [-0.1, -0.05) is 55.5 Å². The Kier molecular flexibility index (Phi) is 5.32. The maximum absolute atomic E-state index is 4.11. The van der Waals surface area contributed by atoms with Gasteiger partial charge in [0.05, 0.1) is 0 Å². The van der Waals surface area contributed by atoms with E-state index in [-0.39, 0.29) is 0 Å². The van der Waals surface area contributed by atoms with E-state index >= 15 is 0 Å². The average Bonchev–Trinajstić information content (AvgIpc) is 2.48. The van der Waals surface area contributed by atoms with Gasteiger partial charge < -0.3 is 0 Å². The maximum Gasteiger partial charge on any atom is 0.0340 e. The van der Waals surface area contributed by atoms with Gasteiger partial charge in [0.25, 0.3) is 0 Å². The molecule has 0 bridgehead atoms. The highest BCUT2D eigenvalue weighted by atomic mass is 15.1. The average molecular weight is 252 g/mol. The number of hydrogen-bond donors (Lipinski definition) is 0. The summed E-state index contributed by atoms with van der Waals surface area (Å²) in [4.78, 5) is 6.51. The molecule has 1 aromatic carbocycles. The lowest BCUT2D eigenvalue weighted by Gasteiger charge is -2.18. The van der Waals surface area contributed by atoms with E-state index in [0.29, 0.717) is 0 Å². The van der Waals surface area contributed by atoms with E-state index in [1.807, 2.05) is 12.3 Å². The zero-order chi connectivity index (χ0) is 13.3. The number of likely N-dealkylation sites (N-methyl/N-ethyl adjacent to an activating group) is 1. The highest BCUT2D eigenvalue weighted by molar-refractivity contribution is 5.47. The molecular weight excluding hydrogens is 232 g/mol. The van der Waals surface area contributed by atoms with Crippen LogP contribution in [0.15, 0.2) is 60.9 Å². The number of nitrogens with zero attached hydrogens (tertiary/aromatic N) is 2. The Hall–Kier alpha value is -1.93. The fourth-order valence-electron chi connectivity index (χ4n) is 1.96. The van der Waals surface area contributed by atoms with Crippen molar-refractivity contribution in [2.45, 2.75) is 13.5 Å². The molecule has 2 rings (SSSR count). The summed E-state index contributed by atoms with van der Waals surface area (Å²) in [5.41, 5.74) is 2.51. The minimum absolute atomic E-state index is 0.959. The SMILES string of the molecule is CCN(C/C=C\c1cccnc1)Cc1ccccc1.